The summed E-state index contributed by atoms with van der Waals surface area (Å²) in [5.74, 6) is 0.821. The van der Waals surface area contributed by atoms with Crippen molar-refractivity contribution < 1.29 is 27.9 Å². The quantitative estimate of drug-likeness (QED) is 0.177. The summed E-state index contributed by atoms with van der Waals surface area (Å²) in [6.45, 7) is 0.772. The molecule has 1 saturated carbocycles. The van der Waals surface area contributed by atoms with E-state index in [4.69, 9.17) is 4.74 Å². The summed E-state index contributed by atoms with van der Waals surface area (Å²) in [5.41, 5.74) is 0.689. The Balaban J connectivity index is 1.40. The van der Waals surface area contributed by atoms with Crippen LogP contribution in [0.2, 0.25) is 0 Å². The molecule has 0 radical (unpaired) electrons. The average molecular weight is 523 g/mol. The Morgan fingerprint density at radius 1 is 1.11 bits per heavy atom. The Bertz CT molecular complexity index is 1100. The summed E-state index contributed by atoms with van der Waals surface area (Å²) in [4.78, 5) is 12.5. The number of ether oxygens (including phenoxy) is 2. The molecule has 2 aromatic heterocycles. The zero-order valence-corrected chi connectivity index (χ0v) is 20.0. The lowest BCUT2D eigenvalue weighted by Gasteiger charge is -2.36. The van der Waals surface area contributed by atoms with Crippen LogP contribution in [0.25, 0.3) is 0 Å². The number of oxime groups is 1. The fraction of sp³-hybridized carbons (Fsp3) is 0.435. The zero-order chi connectivity index (χ0) is 25.4. The minimum atomic E-state index is -4.75. The van der Waals surface area contributed by atoms with Gasteiger partial charge < -0.3 is 14.7 Å². The lowest BCUT2D eigenvalue weighted by Crippen LogP contribution is -2.40. The summed E-state index contributed by atoms with van der Waals surface area (Å²) in [6, 6.07) is 7.05. The molecule has 0 amide bonds. The molecule has 2 heterocycles. The first kappa shape index (κ1) is 25.7. The van der Waals surface area contributed by atoms with E-state index in [1.54, 1.807) is 41.2 Å². The molecule has 1 aliphatic carbocycles. The van der Waals surface area contributed by atoms with Crippen LogP contribution in [0.3, 0.4) is 0 Å². The molecule has 9 nitrogen and oxygen atoms in total. The number of halogens is 3. The van der Waals surface area contributed by atoms with Crippen LogP contribution in [0.5, 0.6) is 11.5 Å². The number of aromatic nitrogens is 5. The van der Waals surface area contributed by atoms with Crippen LogP contribution in [0.1, 0.15) is 19.3 Å². The molecule has 1 N–H and O–H groups in total. The Hall–Kier alpha value is -3.35. The van der Waals surface area contributed by atoms with Gasteiger partial charge in [-0.1, -0.05) is 16.9 Å². The first-order valence-corrected chi connectivity index (χ1v) is 12.3. The van der Waals surface area contributed by atoms with Gasteiger partial charge in [0, 0.05) is 35.9 Å². The van der Waals surface area contributed by atoms with Crippen LogP contribution < -0.4 is 9.47 Å². The smallest absolute Gasteiger partial charge is 0.493 e. The predicted molar refractivity (Wildman–Crippen MR) is 125 cm³/mol. The summed E-state index contributed by atoms with van der Waals surface area (Å²) in [7, 11) is 0. The normalized spacial score (nSPS) is 21.4. The van der Waals surface area contributed by atoms with Crippen LogP contribution in [0.15, 0.2) is 65.7 Å². The van der Waals surface area contributed by atoms with Gasteiger partial charge in [0.15, 0.2) is 5.16 Å². The van der Waals surface area contributed by atoms with Gasteiger partial charge >= 0.3 is 6.36 Å². The van der Waals surface area contributed by atoms with E-state index in [0.717, 1.165) is 25.0 Å². The van der Waals surface area contributed by atoms with Crippen molar-refractivity contribution in [3.8, 4) is 11.5 Å². The van der Waals surface area contributed by atoms with Crippen LogP contribution in [0, 0.1) is 17.8 Å². The first-order chi connectivity index (χ1) is 17.4. The highest BCUT2D eigenvalue weighted by Gasteiger charge is 2.37. The third-order valence-corrected chi connectivity index (χ3v) is 6.89. The standard InChI is InChI=1S/C23H25F3N6O3S/c24-23(25,26)35-19-6-4-18(5-7-19)34-13-17-3-2-16(8-11-36-22-28-9-1-10-29-22)21(31-33)20(17)12-32-15-27-14-30-32/h1,4-7,9-10,14-17,20,33H,2-3,8,11-13H2/t16-,17-,20-/m0/s1. The van der Waals surface area contributed by atoms with Gasteiger partial charge in [-0.3, -0.25) is 4.68 Å². The molecule has 13 heteroatoms. The summed E-state index contributed by atoms with van der Waals surface area (Å²) < 4.78 is 48.7. The summed E-state index contributed by atoms with van der Waals surface area (Å²) >= 11 is 1.55. The van der Waals surface area contributed by atoms with Crippen molar-refractivity contribution in [2.75, 3.05) is 12.4 Å². The molecule has 0 bridgehead atoms. The molecule has 3 atom stereocenters. The molecule has 0 unspecified atom stereocenters. The second-order valence-electron chi connectivity index (χ2n) is 8.28. The third kappa shape index (κ3) is 7.33. The van der Waals surface area contributed by atoms with Crippen molar-refractivity contribution in [1.82, 2.24) is 24.7 Å². The van der Waals surface area contributed by atoms with E-state index in [9.17, 15) is 18.4 Å². The van der Waals surface area contributed by atoms with E-state index in [0.29, 0.717) is 29.8 Å². The van der Waals surface area contributed by atoms with Crippen molar-refractivity contribution in [2.45, 2.75) is 37.3 Å². The molecule has 4 rings (SSSR count). The number of nitrogens with zero attached hydrogens (tertiary/aromatic N) is 6. The molecule has 1 aromatic carbocycles. The van der Waals surface area contributed by atoms with Gasteiger partial charge in [-0.15, -0.1) is 13.2 Å². The molecule has 192 valence electrons. The number of hydrogen-bond acceptors (Lipinski definition) is 9. The number of rotatable bonds is 10. The molecule has 1 aliphatic rings. The number of hydrogen-bond donors (Lipinski definition) is 1. The van der Waals surface area contributed by atoms with Gasteiger partial charge in [-0.25, -0.2) is 15.0 Å². The molecule has 36 heavy (non-hydrogen) atoms. The first-order valence-electron chi connectivity index (χ1n) is 11.3. The molecular weight excluding hydrogens is 497 g/mol. The maximum absolute atomic E-state index is 12.4. The maximum atomic E-state index is 12.4. The van der Waals surface area contributed by atoms with Gasteiger partial charge in [-0.05, 0) is 49.6 Å². The highest BCUT2D eigenvalue weighted by atomic mass is 32.2. The molecule has 0 saturated heterocycles. The van der Waals surface area contributed by atoms with Gasteiger partial charge in [0.2, 0.25) is 0 Å². The van der Waals surface area contributed by atoms with Crippen molar-refractivity contribution in [3.05, 3.63) is 55.4 Å². The second-order valence-corrected chi connectivity index (χ2v) is 9.34. The SMILES string of the molecule is ON=C1[C@H](CCSc2ncccn2)CC[C@@H](COc2ccc(OC(F)(F)F)cc2)[C@@H]1Cn1cncn1. The van der Waals surface area contributed by atoms with E-state index in [1.165, 1.54) is 30.6 Å². The van der Waals surface area contributed by atoms with Gasteiger partial charge in [0.25, 0.3) is 0 Å². The largest absolute Gasteiger partial charge is 0.573 e. The third-order valence-electron chi connectivity index (χ3n) is 5.98. The highest BCUT2D eigenvalue weighted by molar-refractivity contribution is 7.99. The molecule has 3 aromatic rings. The maximum Gasteiger partial charge on any atom is 0.573 e. The lowest BCUT2D eigenvalue weighted by molar-refractivity contribution is -0.274. The van der Waals surface area contributed by atoms with Crippen LogP contribution in [0.4, 0.5) is 13.2 Å². The molecule has 1 fully saturated rings. The van der Waals surface area contributed by atoms with E-state index < -0.39 is 6.36 Å². The van der Waals surface area contributed by atoms with Crippen molar-refractivity contribution >= 4 is 17.5 Å². The number of thioether (sulfide) groups is 1. The van der Waals surface area contributed by atoms with E-state index >= 15 is 0 Å². The minimum absolute atomic E-state index is 0.00700. The Morgan fingerprint density at radius 3 is 2.53 bits per heavy atom. The van der Waals surface area contributed by atoms with Gasteiger partial charge in [-0.2, -0.15) is 5.10 Å². The van der Waals surface area contributed by atoms with Crippen LogP contribution >= 0.6 is 11.8 Å². The summed E-state index contributed by atoms with van der Waals surface area (Å²) in [5, 5.41) is 18.6. The van der Waals surface area contributed by atoms with E-state index in [2.05, 4.69) is 29.9 Å². The van der Waals surface area contributed by atoms with E-state index in [1.807, 2.05) is 0 Å². The average Bonchev–Trinajstić information content (AvgIpc) is 3.37. The number of alkyl halides is 3. The van der Waals surface area contributed by atoms with Crippen molar-refractivity contribution in [2.24, 2.45) is 22.9 Å². The lowest BCUT2D eigenvalue weighted by atomic mass is 9.71. The molecule has 0 aliphatic heterocycles. The van der Waals surface area contributed by atoms with Crippen molar-refractivity contribution in [3.63, 3.8) is 0 Å². The monoisotopic (exact) mass is 522 g/mol. The van der Waals surface area contributed by atoms with Gasteiger partial charge in [0.05, 0.1) is 18.9 Å². The highest BCUT2D eigenvalue weighted by Crippen LogP contribution is 2.36. The fourth-order valence-electron chi connectivity index (χ4n) is 4.32. The predicted octanol–water partition coefficient (Wildman–Crippen LogP) is 4.70. The Kier molecular flexibility index (Phi) is 8.62. The van der Waals surface area contributed by atoms with Crippen molar-refractivity contribution in [1.29, 1.82) is 0 Å². The zero-order valence-electron chi connectivity index (χ0n) is 19.2. The minimum Gasteiger partial charge on any atom is -0.493 e. The Labute approximate surface area is 209 Å². The van der Waals surface area contributed by atoms with Gasteiger partial charge in [0.1, 0.15) is 24.2 Å². The number of benzene rings is 1. The van der Waals surface area contributed by atoms with E-state index in [-0.39, 0.29) is 23.5 Å². The molecule has 0 spiro atoms. The van der Waals surface area contributed by atoms with Crippen LogP contribution in [-0.2, 0) is 6.54 Å². The molecular formula is C23H25F3N6O3S. The topological polar surface area (TPSA) is 108 Å². The second kappa shape index (κ2) is 12.1. The van der Waals surface area contributed by atoms with Crippen LogP contribution in [-0.4, -0.2) is 54.4 Å². The summed E-state index contributed by atoms with van der Waals surface area (Å²) in [6.07, 6.45) is 4.15. The fourth-order valence-corrected chi connectivity index (χ4v) is 5.18. The Morgan fingerprint density at radius 2 is 1.86 bits per heavy atom.